The van der Waals surface area contributed by atoms with Crippen LogP contribution in [0, 0.1) is 11.3 Å². The van der Waals surface area contributed by atoms with Crippen LogP contribution >= 0.6 is 0 Å². The van der Waals surface area contributed by atoms with Gasteiger partial charge in [-0.3, -0.25) is 4.79 Å². The number of carbonyl (C=O) groups is 1. The van der Waals surface area contributed by atoms with Gasteiger partial charge in [-0.25, -0.2) is 0 Å². The first-order valence-corrected chi connectivity index (χ1v) is 6.01. The van der Waals surface area contributed by atoms with E-state index in [0.717, 1.165) is 25.0 Å². The lowest BCUT2D eigenvalue weighted by molar-refractivity contribution is -0.121. The van der Waals surface area contributed by atoms with E-state index in [-0.39, 0.29) is 17.9 Å². The van der Waals surface area contributed by atoms with E-state index in [1.54, 1.807) is 6.26 Å². The highest BCUT2D eigenvalue weighted by Gasteiger charge is 2.28. The van der Waals surface area contributed by atoms with Crippen LogP contribution in [0.3, 0.4) is 0 Å². The topological polar surface area (TPSA) is 66.0 Å². The highest BCUT2D eigenvalue weighted by Crippen LogP contribution is 2.28. The van der Waals surface area contributed by atoms with Crippen LogP contribution in [0.15, 0.2) is 22.8 Å². The molecule has 0 aromatic carbocycles. The van der Waals surface area contributed by atoms with Gasteiger partial charge in [0.2, 0.25) is 5.91 Å². The number of hydrogen-bond acceptors (Lipinski definition) is 3. The van der Waals surface area contributed by atoms with Crippen LogP contribution in [0.2, 0.25) is 0 Å². The smallest absolute Gasteiger partial charge is 0.220 e. The van der Waals surface area contributed by atoms with Crippen molar-refractivity contribution in [3.05, 3.63) is 24.2 Å². The lowest BCUT2D eigenvalue weighted by Crippen LogP contribution is -2.37. The van der Waals surface area contributed by atoms with Crippen LogP contribution in [0.25, 0.3) is 0 Å². The summed E-state index contributed by atoms with van der Waals surface area (Å²) in [4.78, 5) is 11.5. The van der Waals surface area contributed by atoms with Gasteiger partial charge < -0.3 is 9.73 Å². The molecule has 0 bridgehead atoms. The Bertz CT molecular complexity index is 406. The molecule has 1 fully saturated rings. The number of furan rings is 1. The zero-order chi connectivity index (χ0) is 12.1. The van der Waals surface area contributed by atoms with E-state index >= 15 is 0 Å². The molecule has 0 saturated carbocycles. The van der Waals surface area contributed by atoms with Crippen molar-refractivity contribution < 1.29 is 9.21 Å². The molecule has 2 rings (SSSR count). The largest absolute Gasteiger partial charge is 0.469 e. The molecule has 2 atom stereocenters. The minimum Gasteiger partial charge on any atom is -0.469 e. The lowest BCUT2D eigenvalue weighted by atomic mass is 9.91. The molecular formula is C13H16N2O2. The van der Waals surface area contributed by atoms with Crippen molar-refractivity contribution in [2.75, 3.05) is 0 Å². The monoisotopic (exact) mass is 232 g/mol. The summed E-state index contributed by atoms with van der Waals surface area (Å²) in [6, 6.07) is 5.89. The van der Waals surface area contributed by atoms with Crippen LogP contribution in [-0.4, -0.2) is 11.9 Å². The molecule has 1 aromatic heterocycles. The third kappa shape index (κ3) is 2.88. The summed E-state index contributed by atoms with van der Waals surface area (Å²) in [5.74, 6) is 0.845. The minimum absolute atomic E-state index is 0.0239. The fraction of sp³-hybridized carbons (Fsp3) is 0.538. The van der Waals surface area contributed by atoms with Crippen molar-refractivity contribution in [2.24, 2.45) is 0 Å². The Morgan fingerprint density at radius 2 is 2.47 bits per heavy atom. The second-order valence-corrected chi connectivity index (χ2v) is 4.40. The normalized spacial score (nSPS) is 22.3. The number of hydrogen-bond donors (Lipinski definition) is 1. The second-order valence-electron chi connectivity index (χ2n) is 4.40. The van der Waals surface area contributed by atoms with E-state index in [9.17, 15) is 4.79 Å². The summed E-state index contributed by atoms with van der Waals surface area (Å²) in [5, 5.41) is 11.9. The Hall–Kier alpha value is -1.76. The maximum atomic E-state index is 11.5. The molecule has 1 saturated heterocycles. The highest BCUT2D eigenvalue weighted by molar-refractivity contribution is 5.76. The van der Waals surface area contributed by atoms with Gasteiger partial charge in [-0.15, -0.1) is 0 Å². The van der Waals surface area contributed by atoms with Crippen molar-refractivity contribution in [3.8, 4) is 6.07 Å². The summed E-state index contributed by atoms with van der Waals surface area (Å²) in [5.41, 5.74) is 0. The first kappa shape index (κ1) is 11.7. The predicted molar refractivity (Wildman–Crippen MR) is 62.1 cm³/mol. The minimum atomic E-state index is -0.0305. The molecule has 2 unspecified atom stereocenters. The highest BCUT2D eigenvalue weighted by atomic mass is 16.3. The third-order valence-corrected chi connectivity index (χ3v) is 3.22. The van der Waals surface area contributed by atoms with Gasteiger partial charge in [0.05, 0.1) is 18.3 Å². The Morgan fingerprint density at radius 1 is 1.59 bits per heavy atom. The van der Waals surface area contributed by atoms with Gasteiger partial charge in [0.25, 0.3) is 0 Å². The van der Waals surface area contributed by atoms with Crippen LogP contribution in [0.5, 0.6) is 0 Å². The lowest BCUT2D eigenvalue weighted by Gasteiger charge is -2.23. The Morgan fingerprint density at radius 3 is 3.18 bits per heavy atom. The number of carbonyl (C=O) groups excluding carboxylic acids is 1. The summed E-state index contributed by atoms with van der Waals surface area (Å²) in [6.45, 7) is 0. The fourth-order valence-electron chi connectivity index (χ4n) is 2.34. The number of amides is 1. The Kier molecular flexibility index (Phi) is 3.81. The molecule has 4 heteroatoms. The Balaban J connectivity index is 2.15. The zero-order valence-corrected chi connectivity index (χ0v) is 9.69. The molecule has 2 heterocycles. The number of nitriles is 1. The maximum Gasteiger partial charge on any atom is 0.220 e. The first-order valence-electron chi connectivity index (χ1n) is 6.01. The Labute approximate surface area is 101 Å². The summed E-state index contributed by atoms with van der Waals surface area (Å²) < 4.78 is 5.38. The van der Waals surface area contributed by atoms with Gasteiger partial charge in [0.1, 0.15) is 5.76 Å². The molecule has 0 aliphatic carbocycles. The van der Waals surface area contributed by atoms with Crippen molar-refractivity contribution in [1.82, 2.24) is 5.32 Å². The summed E-state index contributed by atoms with van der Waals surface area (Å²) >= 11 is 0. The first-order chi connectivity index (χ1) is 8.31. The molecule has 0 radical (unpaired) electrons. The fourth-order valence-corrected chi connectivity index (χ4v) is 2.34. The van der Waals surface area contributed by atoms with E-state index < -0.39 is 0 Å². The van der Waals surface area contributed by atoms with Crippen LogP contribution in [0.1, 0.15) is 43.8 Å². The quantitative estimate of drug-likeness (QED) is 0.869. The SMILES string of the molecule is N#CCC(c1ccco1)C1CCCCC(=O)N1. The van der Waals surface area contributed by atoms with Gasteiger partial charge >= 0.3 is 0 Å². The van der Waals surface area contributed by atoms with Gasteiger partial charge in [-0.1, -0.05) is 6.42 Å². The molecule has 1 N–H and O–H groups in total. The average molecular weight is 232 g/mol. The van der Waals surface area contributed by atoms with Crippen LogP contribution in [0.4, 0.5) is 0 Å². The van der Waals surface area contributed by atoms with Crippen molar-refractivity contribution >= 4 is 5.91 Å². The molecule has 1 amide bonds. The zero-order valence-electron chi connectivity index (χ0n) is 9.69. The molecule has 1 aliphatic heterocycles. The van der Waals surface area contributed by atoms with E-state index in [2.05, 4.69) is 11.4 Å². The number of nitrogens with one attached hydrogen (secondary N) is 1. The predicted octanol–water partition coefficient (Wildman–Crippen LogP) is 2.34. The maximum absolute atomic E-state index is 11.5. The average Bonchev–Trinajstić information content (AvgIpc) is 2.75. The van der Waals surface area contributed by atoms with Crippen molar-refractivity contribution in [1.29, 1.82) is 5.26 Å². The van der Waals surface area contributed by atoms with Crippen molar-refractivity contribution in [3.63, 3.8) is 0 Å². The second kappa shape index (κ2) is 5.53. The van der Waals surface area contributed by atoms with E-state index in [1.807, 2.05) is 12.1 Å². The van der Waals surface area contributed by atoms with Crippen LogP contribution < -0.4 is 5.32 Å². The van der Waals surface area contributed by atoms with E-state index in [1.165, 1.54) is 0 Å². The van der Waals surface area contributed by atoms with Gasteiger partial charge in [-0.05, 0) is 25.0 Å². The number of rotatable bonds is 3. The van der Waals surface area contributed by atoms with Gasteiger partial charge in [-0.2, -0.15) is 5.26 Å². The molecule has 90 valence electrons. The van der Waals surface area contributed by atoms with Crippen molar-refractivity contribution in [2.45, 2.75) is 44.1 Å². The van der Waals surface area contributed by atoms with E-state index in [4.69, 9.17) is 9.68 Å². The molecule has 17 heavy (non-hydrogen) atoms. The molecule has 0 spiro atoms. The molecule has 1 aromatic rings. The van der Waals surface area contributed by atoms with Crippen LogP contribution in [-0.2, 0) is 4.79 Å². The number of nitrogens with zero attached hydrogens (tertiary/aromatic N) is 1. The summed E-state index contributed by atoms with van der Waals surface area (Å²) in [6.07, 6.45) is 5.44. The van der Waals surface area contributed by atoms with Gasteiger partial charge in [0, 0.05) is 18.9 Å². The summed E-state index contributed by atoms with van der Waals surface area (Å²) in [7, 11) is 0. The third-order valence-electron chi connectivity index (χ3n) is 3.22. The van der Waals surface area contributed by atoms with E-state index in [0.29, 0.717) is 12.8 Å². The molecular weight excluding hydrogens is 216 g/mol. The molecule has 1 aliphatic rings. The van der Waals surface area contributed by atoms with Gasteiger partial charge in [0.15, 0.2) is 0 Å². The standard InChI is InChI=1S/C13H16N2O2/c14-8-7-10(12-5-3-9-17-12)11-4-1-2-6-13(16)15-11/h3,5,9-11H,1-2,4,6-7H2,(H,15,16). The molecule has 4 nitrogen and oxygen atoms in total.